The fraction of sp³-hybridized carbons (Fsp3) is 0.400. The molecule has 3 nitrogen and oxygen atoms in total. The second-order valence-corrected chi connectivity index (χ2v) is 3.35. The van der Waals surface area contributed by atoms with Crippen LogP contribution in [-0.4, -0.2) is 7.11 Å². The van der Waals surface area contributed by atoms with E-state index >= 15 is 0 Å². The molecule has 0 heterocycles. The van der Waals surface area contributed by atoms with Crippen LogP contribution in [0, 0.1) is 0 Å². The molecule has 0 saturated heterocycles. The van der Waals surface area contributed by atoms with Crippen molar-refractivity contribution in [2.24, 2.45) is 5.73 Å². The first-order valence-electron chi connectivity index (χ1n) is 4.46. The first-order chi connectivity index (χ1) is 6.33. The molecular formula is C10H14N2O. The van der Waals surface area contributed by atoms with Gasteiger partial charge in [0.25, 0.3) is 0 Å². The smallest absolute Gasteiger partial charge is 0.0592 e. The van der Waals surface area contributed by atoms with Gasteiger partial charge < -0.3 is 10.6 Å². The quantitative estimate of drug-likeness (QED) is 0.671. The van der Waals surface area contributed by atoms with Crippen LogP contribution >= 0.6 is 0 Å². The maximum Gasteiger partial charge on any atom is 0.0592 e. The van der Waals surface area contributed by atoms with Crippen molar-refractivity contribution in [3.63, 3.8) is 0 Å². The molecule has 0 spiro atoms. The molecule has 0 bridgehead atoms. The van der Waals surface area contributed by atoms with E-state index in [-0.39, 0.29) is 12.1 Å². The summed E-state index contributed by atoms with van der Waals surface area (Å²) >= 11 is 0. The van der Waals surface area contributed by atoms with Gasteiger partial charge in [0.05, 0.1) is 13.2 Å². The summed E-state index contributed by atoms with van der Waals surface area (Å²) in [6.07, 6.45) is 0.910. The van der Waals surface area contributed by atoms with E-state index in [1.54, 1.807) is 7.11 Å². The molecule has 2 rings (SSSR count). The van der Waals surface area contributed by atoms with E-state index in [1.807, 2.05) is 12.1 Å². The molecule has 0 radical (unpaired) electrons. The van der Waals surface area contributed by atoms with Gasteiger partial charge in [-0.05, 0) is 17.5 Å². The molecule has 0 fully saturated rings. The fourth-order valence-corrected chi connectivity index (χ4v) is 1.93. The van der Waals surface area contributed by atoms with Gasteiger partial charge in [-0.15, -0.1) is 0 Å². The number of hydrogen-bond donors (Lipinski definition) is 2. The predicted molar refractivity (Wildman–Crippen MR) is 50.9 cm³/mol. The second kappa shape index (κ2) is 3.46. The lowest BCUT2D eigenvalue weighted by Gasteiger charge is -2.10. The Morgan fingerprint density at radius 3 is 2.77 bits per heavy atom. The first kappa shape index (κ1) is 8.69. The van der Waals surface area contributed by atoms with Gasteiger partial charge in [-0.1, -0.05) is 24.3 Å². The monoisotopic (exact) mass is 178 g/mol. The average Bonchev–Trinajstić information content (AvgIpc) is 2.46. The topological polar surface area (TPSA) is 47.3 Å². The third-order valence-electron chi connectivity index (χ3n) is 2.52. The Bertz CT molecular complexity index is 301. The Hall–Kier alpha value is -0.900. The summed E-state index contributed by atoms with van der Waals surface area (Å²) < 4.78 is 0. The molecule has 3 heteroatoms. The Morgan fingerprint density at radius 1 is 1.38 bits per heavy atom. The molecule has 2 atom stereocenters. The summed E-state index contributed by atoms with van der Waals surface area (Å²) in [6, 6.07) is 8.62. The van der Waals surface area contributed by atoms with E-state index in [4.69, 9.17) is 10.6 Å². The third-order valence-corrected chi connectivity index (χ3v) is 2.52. The number of hydroxylamine groups is 1. The van der Waals surface area contributed by atoms with Gasteiger partial charge in [0.2, 0.25) is 0 Å². The lowest BCUT2D eigenvalue weighted by Crippen LogP contribution is -2.18. The molecule has 2 unspecified atom stereocenters. The van der Waals surface area contributed by atoms with Crippen LogP contribution in [0.1, 0.15) is 29.6 Å². The molecule has 0 amide bonds. The van der Waals surface area contributed by atoms with Crippen molar-refractivity contribution in [1.82, 2.24) is 5.48 Å². The highest BCUT2D eigenvalue weighted by molar-refractivity contribution is 5.36. The SMILES string of the molecule is CONC1CC(N)c2ccccc21. The van der Waals surface area contributed by atoms with Crippen molar-refractivity contribution in [2.75, 3.05) is 7.11 Å². The molecule has 0 aliphatic heterocycles. The van der Waals surface area contributed by atoms with E-state index in [9.17, 15) is 0 Å². The van der Waals surface area contributed by atoms with Gasteiger partial charge in [0.1, 0.15) is 0 Å². The van der Waals surface area contributed by atoms with E-state index in [2.05, 4.69) is 17.6 Å². The molecule has 70 valence electrons. The van der Waals surface area contributed by atoms with E-state index in [0.717, 1.165) is 6.42 Å². The minimum absolute atomic E-state index is 0.142. The molecule has 13 heavy (non-hydrogen) atoms. The summed E-state index contributed by atoms with van der Waals surface area (Å²) in [4.78, 5) is 4.93. The van der Waals surface area contributed by atoms with Crippen molar-refractivity contribution in [3.8, 4) is 0 Å². The second-order valence-electron chi connectivity index (χ2n) is 3.35. The van der Waals surface area contributed by atoms with Crippen LogP contribution in [0.2, 0.25) is 0 Å². The number of nitrogens with two attached hydrogens (primary N) is 1. The summed E-state index contributed by atoms with van der Waals surface area (Å²) in [5.41, 5.74) is 11.4. The lowest BCUT2D eigenvalue weighted by molar-refractivity contribution is 0.0596. The van der Waals surface area contributed by atoms with Crippen LogP contribution in [-0.2, 0) is 4.84 Å². The zero-order valence-electron chi connectivity index (χ0n) is 7.66. The molecular weight excluding hydrogens is 164 g/mol. The molecule has 0 aromatic heterocycles. The molecule has 1 aliphatic carbocycles. The minimum atomic E-state index is 0.142. The van der Waals surface area contributed by atoms with E-state index in [0.29, 0.717) is 0 Å². The van der Waals surface area contributed by atoms with Crippen molar-refractivity contribution in [1.29, 1.82) is 0 Å². The number of rotatable bonds is 2. The third kappa shape index (κ3) is 1.46. The van der Waals surface area contributed by atoms with Crippen LogP contribution in [0.5, 0.6) is 0 Å². The van der Waals surface area contributed by atoms with Gasteiger partial charge in [0.15, 0.2) is 0 Å². The zero-order chi connectivity index (χ0) is 9.26. The molecule has 1 aromatic carbocycles. The van der Waals surface area contributed by atoms with Crippen molar-refractivity contribution in [3.05, 3.63) is 35.4 Å². The highest BCUT2D eigenvalue weighted by Gasteiger charge is 2.27. The van der Waals surface area contributed by atoms with Gasteiger partial charge in [0, 0.05) is 6.04 Å². The maximum atomic E-state index is 5.97. The number of benzene rings is 1. The molecule has 3 N–H and O–H groups in total. The standard InChI is InChI=1S/C10H14N2O/c1-13-12-10-6-9(11)7-4-2-3-5-8(7)10/h2-5,9-10,12H,6,11H2,1H3. The normalized spacial score (nSPS) is 26.0. The minimum Gasteiger partial charge on any atom is -0.324 e. The van der Waals surface area contributed by atoms with Gasteiger partial charge in [-0.25, -0.2) is 0 Å². The summed E-state index contributed by atoms with van der Waals surface area (Å²) in [5.74, 6) is 0. The molecule has 0 saturated carbocycles. The average molecular weight is 178 g/mol. The van der Waals surface area contributed by atoms with E-state index in [1.165, 1.54) is 11.1 Å². The summed E-state index contributed by atoms with van der Waals surface area (Å²) in [7, 11) is 1.63. The lowest BCUT2D eigenvalue weighted by atomic mass is 10.1. The van der Waals surface area contributed by atoms with Gasteiger partial charge in [-0.3, -0.25) is 0 Å². The van der Waals surface area contributed by atoms with Crippen LogP contribution in [0.25, 0.3) is 0 Å². The zero-order valence-corrected chi connectivity index (χ0v) is 7.66. The summed E-state index contributed by atoms with van der Waals surface area (Å²) in [5, 5.41) is 0. The van der Waals surface area contributed by atoms with Crippen molar-refractivity contribution in [2.45, 2.75) is 18.5 Å². The van der Waals surface area contributed by atoms with Gasteiger partial charge >= 0.3 is 0 Å². The van der Waals surface area contributed by atoms with Crippen molar-refractivity contribution >= 4 is 0 Å². The van der Waals surface area contributed by atoms with Crippen molar-refractivity contribution < 1.29 is 4.84 Å². The highest BCUT2D eigenvalue weighted by atomic mass is 16.6. The Kier molecular flexibility index (Phi) is 2.31. The predicted octanol–water partition coefficient (Wildman–Crippen LogP) is 1.28. The molecule has 1 aliphatic rings. The van der Waals surface area contributed by atoms with Gasteiger partial charge in [-0.2, -0.15) is 5.48 Å². The largest absolute Gasteiger partial charge is 0.324 e. The van der Waals surface area contributed by atoms with Crippen LogP contribution in [0.3, 0.4) is 0 Å². The van der Waals surface area contributed by atoms with Crippen LogP contribution in [0.15, 0.2) is 24.3 Å². The Labute approximate surface area is 77.8 Å². The van der Waals surface area contributed by atoms with E-state index < -0.39 is 0 Å². The fourth-order valence-electron chi connectivity index (χ4n) is 1.93. The Balaban J connectivity index is 2.30. The number of fused-ring (bicyclic) bond motifs is 1. The Morgan fingerprint density at radius 2 is 2.08 bits per heavy atom. The number of hydrogen-bond acceptors (Lipinski definition) is 3. The maximum absolute atomic E-state index is 5.97. The highest BCUT2D eigenvalue weighted by Crippen LogP contribution is 2.36. The van der Waals surface area contributed by atoms with Crippen LogP contribution in [0.4, 0.5) is 0 Å². The molecule has 1 aromatic rings. The number of nitrogens with one attached hydrogen (secondary N) is 1. The first-order valence-corrected chi connectivity index (χ1v) is 4.46. The van der Waals surface area contributed by atoms with Crippen LogP contribution < -0.4 is 11.2 Å². The summed E-state index contributed by atoms with van der Waals surface area (Å²) in [6.45, 7) is 0.